The first-order chi connectivity index (χ1) is 8.31. The highest BCUT2D eigenvalue weighted by Crippen LogP contribution is 2.19. The van der Waals surface area contributed by atoms with Crippen molar-refractivity contribution in [2.75, 3.05) is 0 Å². The molecule has 2 rings (SSSR count). The Labute approximate surface area is 98.4 Å². The number of nitrogens with zero attached hydrogens (tertiary/aromatic N) is 2. The monoisotopic (exact) mass is 232 g/mol. The molecule has 2 aromatic rings. The van der Waals surface area contributed by atoms with E-state index in [1.807, 2.05) is 0 Å². The lowest BCUT2D eigenvalue weighted by atomic mass is 10.2. The lowest BCUT2D eigenvalue weighted by Gasteiger charge is -2.05. The lowest BCUT2D eigenvalue weighted by molar-refractivity contribution is 0.274. The zero-order chi connectivity index (χ0) is 12.1. The second-order valence-corrected chi connectivity index (χ2v) is 3.41. The van der Waals surface area contributed by atoms with Gasteiger partial charge in [-0.1, -0.05) is 12.1 Å². The molecule has 0 bridgehead atoms. The van der Waals surface area contributed by atoms with Crippen molar-refractivity contribution < 1.29 is 14.9 Å². The van der Waals surface area contributed by atoms with Crippen LogP contribution >= 0.6 is 0 Å². The maximum atomic E-state index is 8.91. The average Bonchev–Trinajstić information content (AvgIpc) is 2.40. The first-order valence-corrected chi connectivity index (χ1v) is 5.11. The second kappa shape index (κ2) is 5.38. The third-order valence-corrected chi connectivity index (χ3v) is 2.15. The first kappa shape index (κ1) is 11.5. The first-order valence-electron chi connectivity index (χ1n) is 5.11. The van der Waals surface area contributed by atoms with Crippen molar-refractivity contribution in [1.29, 1.82) is 0 Å². The fourth-order valence-electron chi connectivity index (χ4n) is 1.30. The highest BCUT2D eigenvalue weighted by molar-refractivity contribution is 5.29. The molecule has 5 heteroatoms. The molecule has 17 heavy (non-hydrogen) atoms. The summed E-state index contributed by atoms with van der Waals surface area (Å²) in [4.78, 5) is 7.94. The molecule has 0 aliphatic rings. The molecule has 5 nitrogen and oxygen atoms in total. The van der Waals surface area contributed by atoms with Crippen molar-refractivity contribution in [1.82, 2.24) is 9.97 Å². The molecule has 0 amide bonds. The quantitative estimate of drug-likeness (QED) is 0.829. The third kappa shape index (κ3) is 2.99. The fourth-order valence-corrected chi connectivity index (χ4v) is 1.30. The Morgan fingerprint density at radius 3 is 2.41 bits per heavy atom. The Kier molecular flexibility index (Phi) is 3.64. The van der Waals surface area contributed by atoms with Crippen molar-refractivity contribution in [2.45, 2.75) is 13.2 Å². The highest BCUT2D eigenvalue weighted by Gasteiger charge is 2.01. The van der Waals surface area contributed by atoms with Crippen LogP contribution in [0.15, 0.2) is 36.7 Å². The Balaban J connectivity index is 2.13. The van der Waals surface area contributed by atoms with E-state index in [0.717, 1.165) is 5.56 Å². The van der Waals surface area contributed by atoms with Gasteiger partial charge in [-0.25, -0.2) is 4.98 Å². The van der Waals surface area contributed by atoms with Gasteiger partial charge in [-0.2, -0.15) is 0 Å². The molecular weight excluding hydrogens is 220 g/mol. The molecule has 0 radical (unpaired) electrons. The second-order valence-electron chi connectivity index (χ2n) is 3.41. The van der Waals surface area contributed by atoms with Gasteiger partial charge in [0.15, 0.2) is 0 Å². The summed E-state index contributed by atoms with van der Waals surface area (Å²) < 4.78 is 5.45. The molecule has 0 fully saturated rings. The smallest absolute Gasteiger partial charge is 0.238 e. The highest BCUT2D eigenvalue weighted by atomic mass is 16.5. The molecule has 0 aliphatic carbocycles. The Morgan fingerprint density at radius 1 is 1.00 bits per heavy atom. The molecule has 1 heterocycles. The van der Waals surface area contributed by atoms with E-state index in [4.69, 9.17) is 14.9 Å². The third-order valence-electron chi connectivity index (χ3n) is 2.15. The Hall–Kier alpha value is -1.98. The van der Waals surface area contributed by atoms with Gasteiger partial charge in [-0.05, 0) is 17.7 Å². The van der Waals surface area contributed by atoms with Gasteiger partial charge >= 0.3 is 0 Å². The normalized spacial score (nSPS) is 10.2. The predicted octanol–water partition coefficient (Wildman–Crippen LogP) is 1.25. The number of aromatic nitrogens is 2. The minimum Gasteiger partial charge on any atom is -0.437 e. The summed E-state index contributed by atoms with van der Waals surface area (Å²) in [7, 11) is 0. The van der Waals surface area contributed by atoms with Crippen LogP contribution in [0.5, 0.6) is 11.6 Å². The largest absolute Gasteiger partial charge is 0.437 e. The zero-order valence-electron chi connectivity index (χ0n) is 9.08. The van der Waals surface area contributed by atoms with Gasteiger partial charge in [0.2, 0.25) is 5.88 Å². The molecule has 0 spiro atoms. The average molecular weight is 232 g/mol. The van der Waals surface area contributed by atoms with Crippen molar-refractivity contribution >= 4 is 0 Å². The van der Waals surface area contributed by atoms with Gasteiger partial charge in [0.05, 0.1) is 31.3 Å². The molecular formula is C12H12N2O3. The fraction of sp³-hybridized carbons (Fsp3) is 0.167. The number of ether oxygens (including phenoxy) is 1. The van der Waals surface area contributed by atoms with Crippen LogP contribution < -0.4 is 4.74 Å². The number of hydrogen-bond donors (Lipinski definition) is 2. The number of aliphatic hydroxyl groups excluding tert-OH is 2. The van der Waals surface area contributed by atoms with Crippen LogP contribution in [-0.4, -0.2) is 20.2 Å². The summed E-state index contributed by atoms with van der Waals surface area (Å²) in [6.45, 7) is -0.173. The van der Waals surface area contributed by atoms with Crippen LogP contribution in [0.1, 0.15) is 11.3 Å². The van der Waals surface area contributed by atoms with Crippen molar-refractivity contribution in [3.8, 4) is 11.6 Å². The summed E-state index contributed by atoms with van der Waals surface area (Å²) in [5.74, 6) is 0.930. The van der Waals surface area contributed by atoms with Crippen LogP contribution in [0.2, 0.25) is 0 Å². The SMILES string of the molecule is OCc1ccc(Oc2cncc(CO)n2)cc1. The molecule has 0 saturated heterocycles. The molecule has 0 unspecified atom stereocenters. The van der Waals surface area contributed by atoms with Crippen molar-refractivity contribution in [2.24, 2.45) is 0 Å². The van der Waals surface area contributed by atoms with Crippen LogP contribution in [0.3, 0.4) is 0 Å². The van der Waals surface area contributed by atoms with Gasteiger partial charge in [-0.15, -0.1) is 0 Å². The zero-order valence-corrected chi connectivity index (χ0v) is 9.08. The Bertz CT molecular complexity index is 485. The van der Waals surface area contributed by atoms with Gasteiger partial charge in [0, 0.05) is 0 Å². The summed E-state index contributed by atoms with van der Waals surface area (Å²) in [6, 6.07) is 7.00. The predicted molar refractivity (Wildman–Crippen MR) is 60.4 cm³/mol. The number of hydrogen-bond acceptors (Lipinski definition) is 5. The molecule has 2 N–H and O–H groups in total. The van der Waals surface area contributed by atoms with E-state index in [1.165, 1.54) is 12.4 Å². The minimum absolute atomic E-state index is 0.0000824. The summed E-state index contributed by atoms with van der Waals surface area (Å²) in [6.07, 6.45) is 2.95. The van der Waals surface area contributed by atoms with Gasteiger partial charge < -0.3 is 14.9 Å². The van der Waals surface area contributed by atoms with Gasteiger partial charge in [0.25, 0.3) is 0 Å². The van der Waals surface area contributed by atoms with E-state index in [2.05, 4.69) is 9.97 Å². The topological polar surface area (TPSA) is 75.5 Å². The number of benzene rings is 1. The lowest BCUT2D eigenvalue weighted by Crippen LogP contribution is -1.94. The van der Waals surface area contributed by atoms with E-state index in [-0.39, 0.29) is 13.2 Å². The molecule has 0 saturated carbocycles. The van der Waals surface area contributed by atoms with Crippen LogP contribution in [0.25, 0.3) is 0 Å². The van der Waals surface area contributed by atoms with E-state index >= 15 is 0 Å². The maximum Gasteiger partial charge on any atom is 0.238 e. The van der Waals surface area contributed by atoms with E-state index in [0.29, 0.717) is 17.3 Å². The van der Waals surface area contributed by atoms with E-state index in [1.54, 1.807) is 24.3 Å². The maximum absolute atomic E-state index is 8.91. The van der Waals surface area contributed by atoms with Gasteiger partial charge in [-0.3, -0.25) is 4.98 Å². The van der Waals surface area contributed by atoms with Crippen molar-refractivity contribution in [3.05, 3.63) is 47.9 Å². The van der Waals surface area contributed by atoms with Crippen LogP contribution in [0, 0.1) is 0 Å². The molecule has 88 valence electrons. The standard InChI is InChI=1S/C12H12N2O3/c15-7-9-1-3-11(4-2-9)17-12-6-13-5-10(8-16)14-12/h1-6,15-16H,7-8H2. The molecule has 1 aromatic heterocycles. The Morgan fingerprint density at radius 2 is 1.76 bits per heavy atom. The van der Waals surface area contributed by atoms with Gasteiger partial charge in [0.1, 0.15) is 5.75 Å². The van der Waals surface area contributed by atoms with E-state index < -0.39 is 0 Å². The number of rotatable bonds is 4. The van der Waals surface area contributed by atoms with E-state index in [9.17, 15) is 0 Å². The molecule has 0 atom stereocenters. The summed E-state index contributed by atoms with van der Waals surface area (Å²) in [5, 5.41) is 17.8. The molecule has 1 aromatic carbocycles. The van der Waals surface area contributed by atoms with Crippen molar-refractivity contribution in [3.63, 3.8) is 0 Å². The van der Waals surface area contributed by atoms with Crippen LogP contribution in [-0.2, 0) is 13.2 Å². The summed E-state index contributed by atoms with van der Waals surface area (Å²) in [5.41, 5.74) is 1.27. The number of aliphatic hydroxyl groups is 2. The molecule has 0 aliphatic heterocycles. The van der Waals surface area contributed by atoms with Crippen LogP contribution in [0.4, 0.5) is 0 Å². The minimum atomic E-state index is -0.173. The summed E-state index contributed by atoms with van der Waals surface area (Å²) >= 11 is 0.